The van der Waals surface area contributed by atoms with Crippen LogP contribution in [0.2, 0.25) is 0 Å². The minimum Gasteiger partial charge on any atom is -0.481 e. The summed E-state index contributed by atoms with van der Waals surface area (Å²) >= 11 is 0. The van der Waals surface area contributed by atoms with E-state index in [9.17, 15) is 18.0 Å². The number of carboxylic acids is 1. The highest BCUT2D eigenvalue weighted by molar-refractivity contribution is 7.89. The number of hydrogen-bond donors (Lipinski definition) is 2. The van der Waals surface area contributed by atoms with Gasteiger partial charge in [-0.25, -0.2) is 13.1 Å². The molecule has 2 atom stereocenters. The van der Waals surface area contributed by atoms with Crippen molar-refractivity contribution in [1.29, 1.82) is 0 Å². The van der Waals surface area contributed by atoms with Gasteiger partial charge in [0.2, 0.25) is 10.0 Å². The van der Waals surface area contributed by atoms with Crippen molar-refractivity contribution in [2.75, 3.05) is 12.9 Å². The van der Waals surface area contributed by atoms with Crippen LogP contribution < -0.4 is 4.72 Å². The summed E-state index contributed by atoms with van der Waals surface area (Å²) in [6, 6.07) is 8.64. The van der Waals surface area contributed by atoms with Gasteiger partial charge in [-0.3, -0.25) is 9.59 Å². The van der Waals surface area contributed by atoms with Crippen LogP contribution in [-0.4, -0.2) is 44.4 Å². The van der Waals surface area contributed by atoms with Gasteiger partial charge in [0.1, 0.15) is 0 Å². The highest BCUT2D eigenvalue weighted by Crippen LogP contribution is 2.11. The number of nitrogens with one attached hydrogen (secondary N) is 1. The minimum atomic E-state index is -3.75. The van der Waals surface area contributed by atoms with Gasteiger partial charge in [0.15, 0.2) is 0 Å². The summed E-state index contributed by atoms with van der Waals surface area (Å²) in [6.07, 6.45) is 0.391. The predicted molar refractivity (Wildman–Crippen MR) is 88.9 cm³/mol. The fourth-order valence-electron chi connectivity index (χ4n) is 2.30. The van der Waals surface area contributed by atoms with Crippen molar-refractivity contribution in [2.24, 2.45) is 5.92 Å². The third kappa shape index (κ3) is 7.56. The second-order valence-electron chi connectivity index (χ2n) is 5.64. The third-order valence-corrected chi connectivity index (χ3v) is 5.08. The number of aliphatic carboxylic acids is 1. The van der Waals surface area contributed by atoms with E-state index < -0.39 is 39.7 Å². The first-order valence-corrected chi connectivity index (χ1v) is 9.22. The highest BCUT2D eigenvalue weighted by Gasteiger charge is 2.25. The number of carboxylic acid groups (broad SMARTS) is 1. The molecule has 7 nitrogen and oxygen atoms in total. The van der Waals surface area contributed by atoms with Crippen LogP contribution in [0.15, 0.2) is 30.3 Å². The molecule has 1 aromatic carbocycles. The van der Waals surface area contributed by atoms with Crippen molar-refractivity contribution >= 4 is 22.0 Å². The number of hydrogen-bond acceptors (Lipinski definition) is 5. The van der Waals surface area contributed by atoms with Gasteiger partial charge >= 0.3 is 11.9 Å². The van der Waals surface area contributed by atoms with Crippen LogP contribution in [0.25, 0.3) is 0 Å². The van der Waals surface area contributed by atoms with E-state index in [4.69, 9.17) is 5.11 Å². The lowest BCUT2D eigenvalue weighted by Crippen LogP contribution is -2.40. The number of sulfonamides is 1. The largest absolute Gasteiger partial charge is 0.481 e. The normalized spacial score (nSPS) is 13.9. The fourth-order valence-corrected chi connectivity index (χ4v) is 3.90. The number of ether oxygens (including phenoxy) is 1. The van der Waals surface area contributed by atoms with Crippen LogP contribution >= 0.6 is 0 Å². The maximum atomic E-state index is 12.2. The van der Waals surface area contributed by atoms with E-state index in [-0.39, 0.29) is 12.8 Å². The first kappa shape index (κ1) is 20.1. The summed E-state index contributed by atoms with van der Waals surface area (Å²) in [4.78, 5) is 22.2. The Kier molecular flexibility index (Phi) is 7.87. The minimum absolute atomic E-state index is 0.146. The lowest BCUT2D eigenvalue weighted by atomic mass is 10.0. The van der Waals surface area contributed by atoms with E-state index in [1.807, 2.05) is 30.3 Å². The summed E-state index contributed by atoms with van der Waals surface area (Å²) in [5.74, 6) is -2.80. The molecule has 24 heavy (non-hydrogen) atoms. The molecule has 8 heteroatoms. The molecule has 0 aliphatic heterocycles. The van der Waals surface area contributed by atoms with Gasteiger partial charge in [-0.05, 0) is 18.4 Å². The number of methoxy groups -OCH3 is 1. The topological polar surface area (TPSA) is 110 Å². The van der Waals surface area contributed by atoms with Crippen LogP contribution in [0.5, 0.6) is 0 Å². The smallest absolute Gasteiger partial charge is 0.309 e. The summed E-state index contributed by atoms with van der Waals surface area (Å²) in [5, 5.41) is 8.84. The molecule has 0 amide bonds. The summed E-state index contributed by atoms with van der Waals surface area (Å²) < 4.78 is 31.5. The Balaban J connectivity index is 2.78. The molecule has 134 valence electrons. The average Bonchev–Trinajstić information content (AvgIpc) is 2.51. The highest BCUT2D eigenvalue weighted by atomic mass is 32.2. The molecule has 0 aromatic heterocycles. The van der Waals surface area contributed by atoms with Gasteiger partial charge < -0.3 is 9.84 Å². The van der Waals surface area contributed by atoms with Crippen LogP contribution in [-0.2, 0) is 30.8 Å². The van der Waals surface area contributed by atoms with Crippen LogP contribution in [0.4, 0.5) is 0 Å². The predicted octanol–water partition coefficient (Wildman–Crippen LogP) is 1.19. The standard InChI is InChI=1S/C16H23NO6S/c1-12(16(20)23-2)11-24(21,22)17-14(8-9-15(18)19)10-13-6-4-3-5-7-13/h3-7,12,14,17H,8-11H2,1-2H3,(H,18,19). The molecule has 0 saturated carbocycles. The van der Waals surface area contributed by atoms with Crippen molar-refractivity contribution in [1.82, 2.24) is 4.72 Å². The van der Waals surface area contributed by atoms with Crippen molar-refractivity contribution in [3.05, 3.63) is 35.9 Å². The zero-order chi connectivity index (χ0) is 18.2. The average molecular weight is 357 g/mol. The number of esters is 1. The van der Waals surface area contributed by atoms with E-state index >= 15 is 0 Å². The summed E-state index contributed by atoms with van der Waals surface area (Å²) in [6.45, 7) is 1.47. The second kappa shape index (κ2) is 9.39. The Hall–Kier alpha value is -1.93. The Bertz CT molecular complexity index is 644. The van der Waals surface area contributed by atoms with Crippen LogP contribution in [0.1, 0.15) is 25.3 Å². The molecule has 0 heterocycles. The monoisotopic (exact) mass is 357 g/mol. The molecule has 0 spiro atoms. The van der Waals surface area contributed by atoms with E-state index in [0.717, 1.165) is 5.56 Å². The lowest BCUT2D eigenvalue weighted by Gasteiger charge is -2.19. The quantitative estimate of drug-likeness (QED) is 0.609. The molecule has 0 fully saturated rings. The van der Waals surface area contributed by atoms with Crippen molar-refractivity contribution in [2.45, 2.75) is 32.2 Å². The van der Waals surface area contributed by atoms with Gasteiger partial charge in [-0.1, -0.05) is 37.3 Å². The maximum absolute atomic E-state index is 12.2. The first-order valence-electron chi connectivity index (χ1n) is 7.57. The molecule has 1 aromatic rings. The molecule has 0 bridgehead atoms. The maximum Gasteiger partial charge on any atom is 0.309 e. The van der Waals surface area contributed by atoms with E-state index in [2.05, 4.69) is 9.46 Å². The van der Waals surface area contributed by atoms with E-state index in [0.29, 0.717) is 6.42 Å². The fraction of sp³-hybridized carbons (Fsp3) is 0.500. The van der Waals surface area contributed by atoms with Crippen molar-refractivity contribution < 1.29 is 27.9 Å². The zero-order valence-electron chi connectivity index (χ0n) is 13.8. The molecule has 2 N–H and O–H groups in total. The Morgan fingerprint density at radius 1 is 1.25 bits per heavy atom. The van der Waals surface area contributed by atoms with Gasteiger partial charge in [-0.2, -0.15) is 0 Å². The van der Waals surface area contributed by atoms with Gasteiger partial charge in [-0.15, -0.1) is 0 Å². The number of rotatable bonds is 10. The van der Waals surface area contributed by atoms with Crippen molar-refractivity contribution in [3.8, 4) is 0 Å². The molecular formula is C16H23NO6S. The number of benzene rings is 1. The summed E-state index contributed by atoms with van der Waals surface area (Å²) in [5.41, 5.74) is 0.900. The van der Waals surface area contributed by atoms with Crippen LogP contribution in [0, 0.1) is 5.92 Å². The second-order valence-corrected chi connectivity index (χ2v) is 7.44. The molecule has 1 rings (SSSR count). The SMILES string of the molecule is COC(=O)C(C)CS(=O)(=O)NC(CCC(=O)O)Cc1ccccc1. The molecule has 0 aliphatic rings. The van der Waals surface area contributed by atoms with Crippen molar-refractivity contribution in [3.63, 3.8) is 0 Å². The van der Waals surface area contributed by atoms with Crippen LogP contribution in [0.3, 0.4) is 0 Å². The third-order valence-electron chi connectivity index (χ3n) is 3.45. The van der Waals surface area contributed by atoms with E-state index in [1.165, 1.54) is 14.0 Å². The number of carbonyl (C=O) groups is 2. The van der Waals surface area contributed by atoms with Gasteiger partial charge in [0.25, 0.3) is 0 Å². The Labute approximate surface area is 142 Å². The molecule has 0 aliphatic carbocycles. The molecular weight excluding hydrogens is 334 g/mol. The summed E-state index contributed by atoms with van der Waals surface area (Å²) in [7, 11) is -2.55. The zero-order valence-corrected chi connectivity index (χ0v) is 14.6. The lowest BCUT2D eigenvalue weighted by molar-refractivity contribution is -0.144. The Morgan fingerprint density at radius 3 is 2.42 bits per heavy atom. The number of carbonyl (C=O) groups excluding carboxylic acids is 1. The molecule has 0 saturated heterocycles. The Morgan fingerprint density at radius 2 is 1.88 bits per heavy atom. The van der Waals surface area contributed by atoms with E-state index in [1.54, 1.807) is 0 Å². The molecule has 0 radical (unpaired) electrons. The van der Waals surface area contributed by atoms with Gasteiger partial charge in [0.05, 0.1) is 18.8 Å². The van der Waals surface area contributed by atoms with Gasteiger partial charge in [0, 0.05) is 12.5 Å². The molecule has 2 unspecified atom stereocenters. The first-order chi connectivity index (χ1) is 11.2.